The SMILES string of the molecule is Cc1nc(Cl)c2cc(C(=O)O)sc2n1. The van der Waals surface area contributed by atoms with Gasteiger partial charge in [0.25, 0.3) is 0 Å². The van der Waals surface area contributed by atoms with Gasteiger partial charge in [0, 0.05) is 5.39 Å². The fraction of sp³-hybridized carbons (Fsp3) is 0.125. The molecular formula is C8H5ClN2O2S. The Morgan fingerprint density at radius 3 is 2.93 bits per heavy atom. The second kappa shape index (κ2) is 3.18. The third kappa shape index (κ3) is 1.44. The summed E-state index contributed by atoms with van der Waals surface area (Å²) in [5, 5.41) is 9.66. The third-order valence-corrected chi connectivity index (χ3v) is 2.97. The molecule has 0 saturated heterocycles. The van der Waals surface area contributed by atoms with Crippen LogP contribution in [0.2, 0.25) is 5.15 Å². The average Bonchev–Trinajstić information content (AvgIpc) is 2.47. The van der Waals surface area contributed by atoms with Crippen LogP contribution in [0.5, 0.6) is 0 Å². The molecule has 2 heterocycles. The van der Waals surface area contributed by atoms with Gasteiger partial charge in [0.05, 0.1) is 0 Å². The monoisotopic (exact) mass is 228 g/mol. The second-order valence-electron chi connectivity index (χ2n) is 2.70. The molecule has 0 aliphatic rings. The average molecular weight is 229 g/mol. The maximum atomic E-state index is 10.7. The fourth-order valence-electron chi connectivity index (χ4n) is 1.09. The highest BCUT2D eigenvalue weighted by Gasteiger charge is 2.12. The van der Waals surface area contributed by atoms with Crippen LogP contribution in [-0.2, 0) is 0 Å². The zero-order valence-corrected chi connectivity index (χ0v) is 8.69. The molecule has 0 aliphatic heterocycles. The Morgan fingerprint density at radius 2 is 2.29 bits per heavy atom. The molecule has 0 saturated carbocycles. The predicted molar refractivity (Wildman–Crippen MR) is 54.1 cm³/mol. The molecule has 0 aromatic carbocycles. The highest BCUT2D eigenvalue weighted by atomic mass is 35.5. The smallest absolute Gasteiger partial charge is 0.345 e. The van der Waals surface area contributed by atoms with E-state index in [1.807, 2.05) is 0 Å². The molecule has 2 aromatic heterocycles. The summed E-state index contributed by atoms with van der Waals surface area (Å²) < 4.78 is 0. The van der Waals surface area contributed by atoms with Crippen molar-refractivity contribution in [3.63, 3.8) is 0 Å². The van der Waals surface area contributed by atoms with E-state index in [4.69, 9.17) is 16.7 Å². The molecule has 0 fully saturated rings. The van der Waals surface area contributed by atoms with Gasteiger partial charge in [-0.15, -0.1) is 11.3 Å². The maximum absolute atomic E-state index is 10.7. The molecule has 0 bridgehead atoms. The number of carboxylic acid groups (broad SMARTS) is 1. The number of hydrogen-bond donors (Lipinski definition) is 1. The third-order valence-electron chi connectivity index (χ3n) is 1.67. The normalized spacial score (nSPS) is 10.7. The number of carbonyl (C=O) groups is 1. The van der Waals surface area contributed by atoms with Gasteiger partial charge in [0.1, 0.15) is 20.7 Å². The van der Waals surface area contributed by atoms with E-state index >= 15 is 0 Å². The summed E-state index contributed by atoms with van der Waals surface area (Å²) in [5.74, 6) is -0.428. The fourth-order valence-corrected chi connectivity index (χ4v) is 2.33. The van der Waals surface area contributed by atoms with E-state index < -0.39 is 5.97 Å². The largest absolute Gasteiger partial charge is 0.477 e. The summed E-state index contributed by atoms with van der Waals surface area (Å²) in [6.45, 7) is 1.71. The van der Waals surface area contributed by atoms with E-state index in [9.17, 15) is 4.79 Å². The summed E-state index contributed by atoms with van der Waals surface area (Å²) in [6.07, 6.45) is 0. The Labute approximate surface area is 88.2 Å². The van der Waals surface area contributed by atoms with Gasteiger partial charge in [-0.1, -0.05) is 11.6 Å². The lowest BCUT2D eigenvalue weighted by molar-refractivity contribution is 0.0702. The summed E-state index contributed by atoms with van der Waals surface area (Å²) in [4.78, 5) is 19.6. The van der Waals surface area contributed by atoms with Crippen molar-refractivity contribution in [2.75, 3.05) is 0 Å². The topological polar surface area (TPSA) is 63.1 Å². The van der Waals surface area contributed by atoms with Gasteiger partial charge in [-0.25, -0.2) is 14.8 Å². The molecule has 2 aromatic rings. The number of aromatic nitrogens is 2. The second-order valence-corrected chi connectivity index (χ2v) is 4.08. The van der Waals surface area contributed by atoms with Gasteiger partial charge in [0.2, 0.25) is 0 Å². The quantitative estimate of drug-likeness (QED) is 0.761. The van der Waals surface area contributed by atoms with Crippen molar-refractivity contribution < 1.29 is 9.90 Å². The maximum Gasteiger partial charge on any atom is 0.345 e. The first-order valence-electron chi connectivity index (χ1n) is 3.75. The van der Waals surface area contributed by atoms with E-state index in [1.165, 1.54) is 6.07 Å². The Kier molecular flexibility index (Phi) is 2.13. The number of rotatable bonds is 1. The Bertz CT molecular complexity index is 523. The first-order chi connectivity index (χ1) is 6.58. The first-order valence-corrected chi connectivity index (χ1v) is 4.94. The molecule has 6 heteroatoms. The molecule has 4 nitrogen and oxygen atoms in total. The number of aromatic carboxylic acids is 1. The lowest BCUT2D eigenvalue weighted by Crippen LogP contribution is -1.89. The van der Waals surface area contributed by atoms with Crippen LogP contribution in [0, 0.1) is 6.92 Å². The molecule has 2 rings (SSSR count). The molecule has 14 heavy (non-hydrogen) atoms. The highest BCUT2D eigenvalue weighted by molar-refractivity contribution is 7.20. The van der Waals surface area contributed by atoms with E-state index in [-0.39, 0.29) is 4.88 Å². The number of hydrogen-bond acceptors (Lipinski definition) is 4. The molecule has 0 atom stereocenters. The zero-order chi connectivity index (χ0) is 10.3. The van der Waals surface area contributed by atoms with Crippen LogP contribution in [-0.4, -0.2) is 21.0 Å². The lowest BCUT2D eigenvalue weighted by atomic mass is 10.3. The summed E-state index contributed by atoms with van der Waals surface area (Å²) in [6, 6.07) is 1.49. The highest BCUT2D eigenvalue weighted by Crippen LogP contribution is 2.28. The van der Waals surface area contributed by atoms with Gasteiger partial charge in [-0.2, -0.15) is 0 Å². The lowest BCUT2D eigenvalue weighted by Gasteiger charge is -1.93. The Morgan fingerprint density at radius 1 is 1.57 bits per heavy atom. The summed E-state index contributed by atoms with van der Waals surface area (Å²) in [5.41, 5.74) is 0. The van der Waals surface area contributed by atoms with Gasteiger partial charge >= 0.3 is 5.97 Å². The molecule has 1 N–H and O–H groups in total. The van der Waals surface area contributed by atoms with Crippen molar-refractivity contribution in [1.29, 1.82) is 0 Å². The summed E-state index contributed by atoms with van der Waals surface area (Å²) in [7, 11) is 0. The molecule has 0 unspecified atom stereocenters. The number of carboxylic acids is 1. The molecule has 0 amide bonds. The van der Waals surface area contributed by atoms with Gasteiger partial charge in [-0.05, 0) is 13.0 Å². The molecule has 72 valence electrons. The van der Waals surface area contributed by atoms with Crippen LogP contribution in [0.1, 0.15) is 15.5 Å². The van der Waals surface area contributed by atoms with E-state index in [0.717, 1.165) is 11.3 Å². The Balaban J connectivity index is 2.76. The van der Waals surface area contributed by atoms with Gasteiger partial charge < -0.3 is 5.11 Å². The van der Waals surface area contributed by atoms with Crippen LogP contribution >= 0.6 is 22.9 Å². The molecule has 0 aliphatic carbocycles. The molecule has 0 radical (unpaired) electrons. The van der Waals surface area contributed by atoms with E-state index in [2.05, 4.69) is 9.97 Å². The number of nitrogens with zero attached hydrogens (tertiary/aromatic N) is 2. The van der Waals surface area contributed by atoms with Crippen molar-refractivity contribution in [3.8, 4) is 0 Å². The van der Waals surface area contributed by atoms with Crippen LogP contribution in [0.3, 0.4) is 0 Å². The number of aryl methyl sites for hydroxylation is 1. The first kappa shape index (κ1) is 9.36. The van der Waals surface area contributed by atoms with Crippen molar-refractivity contribution in [3.05, 3.63) is 21.9 Å². The minimum absolute atomic E-state index is 0.224. The van der Waals surface area contributed by atoms with Crippen molar-refractivity contribution >= 4 is 39.1 Å². The molecule has 0 spiro atoms. The number of thiophene rings is 1. The summed E-state index contributed by atoms with van der Waals surface area (Å²) >= 11 is 6.94. The Hall–Kier alpha value is -1.20. The zero-order valence-electron chi connectivity index (χ0n) is 7.11. The molecular weight excluding hydrogens is 224 g/mol. The van der Waals surface area contributed by atoms with E-state index in [0.29, 0.717) is 21.2 Å². The van der Waals surface area contributed by atoms with Crippen LogP contribution < -0.4 is 0 Å². The van der Waals surface area contributed by atoms with Crippen LogP contribution in [0.4, 0.5) is 0 Å². The predicted octanol–water partition coefficient (Wildman–Crippen LogP) is 2.35. The van der Waals surface area contributed by atoms with Gasteiger partial charge in [-0.3, -0.25) is 0 Å². The number of fused-ring (bicyclic) bond motifs is 1. The number of halogens is 1. The van der Waals surface area contributed by atoms with Gasteiger partial charge in [0.15, 0.2) is 0 Å². The van der Waals surface area contributed by atoms with Crippen molar-refractivity contribution in [2.24, 2.45) is 0 Å². The standard InChI is InChI=1S/C8H5ClN2O2S/c1-3-10-6(9)4-2-5(8(12)13)14-7(4)11-3/h2H,1H3,(H,12,13). The van der Waals surface area contributed by atoms with Crippen molar-refractivity contribution in [2.45, 2.75) is 6.92 Å². The van der Waals surface area contributed by atoms with Crippen LogP contribution in [0.15, 0.2) is 6.07 Å². The van der Waals surface area contributed by atoms with Crippen LogP contribution in [0.25, 0.3) is 10.2 Å². The minimum Gasteiger partial charge on any atom is -0.477 e. The van der Waals surface area contributed by atoms with Crippen molar-refractivity contribution in [1.82, 2.24) is 9.97 Å². The van der Waals surface area contributed by atoms with E-state index in [1.54, 1.807) is 6.92 Å². The minimum atomic E-state index is -0.971.